The van der Waals surface area contributed by atoms with Crippen LogP contribution in [0.1, 0.15) is 208 Å². The van der Waals surface area contributed by atoms with Crippen LogP contribution in [-0.4, -0.2) is 131 Å². The molecule has 5 atom stereocenters. The number of hydrogen-bond acceptors (Lipinski definition) is 12. The molecule has 430 valence electrons. The Bertz CT molecular complexity index is 4820. The summed E-state index contributed by atoms with van der Waals surface area (Å²) in [6, 6.07) is 21.4. The number of imide groups is 6. The van der Waals surface area contributed by atoms with Gasteiger partial charge >= 0.3 is 0 Å². The van der Waals surface area contributed by atoms with Crippen molar-refractivity contribution in [2.24, 2.45) is 0 Å². The van der Waals surface area contributed by atoms with Crippen LogP contribution in [0.15, 0.2) is 97.1 Å². The molecule has 2 saturated carbocycles. The number of rotatable bonds is 4. The molecule has 0 N–H and O–H groups in total. The van der Waals surface area contributed by atoms with Crippen LogP contribution in [0.5, 0.6) is 0 Å². The standard InChI is InChI=1S/C70H48N6O12/c1-2-3-4-13-50-75-67(85)42-20-16-32-30-14-18-34-53-35(19-15-31(51(30)53)33-17-21-43(68(75)86)54(42)52(32)33)60(78)71(59(34)77)46-9-5-6-10-47(46)72-61(79)36-22-24-38-56-39(25-23-37(55(36)56)62(72)80)64(82)73(63(38)81)48-11-7-8-12-49(48)74-65(83)40-26-28-44-58-45(70(88)76(50)69(44)87)29-27-41(57(40)58)66(74)84/h14-29,46-50H,2-13H2,1H3/t46?,47-,48?,49-,50+/m0/s1. The van der Waals surface area contributed by atoms with Crippen molar-refractivity contribution in [1.29, 1.82) is 0 Å². The summed E-state index contributed by atoms with van der Waals surface area (Å²) in [6.45, 7) is 1.98. The second-order valence-corrected chi connectivity index (χ2v) is 25.0. The Morgan fingerprint density at radius 3 is 0.670 bits per heavy atom. The van der Waals surface area contributed by atoms with E-state index in [4.69, 9.17) is 0 Å². The molecule has 2 fully saturated rings. The van der Waals surface area contributed by atoms with Crippen molar-refractivity contribution in [3.8, 4) is 0 Å². The minimum absolute atomic E-state index is 0.0174. The zero-order valence-electron chi connectivity index (χ0n) is 47.2. The van der Waals surface area contributed by atoms with Gasteiger partial charge in [-0.1, -0.05) is 69.7 Å². The van der Waals surface area contributed by atoms with Gasteiger partial charge in [0.25, 0.3) is 70.9 Å². The highest BCUT2D eigenvalue weighted by Crippen LogP contribution is 2.50. The molecule has 18 nitrogen and oxygen atoms in total. The van der Waals surface area contributed by atoms with Gasteiger partial charge in [0.05, 0.1) is 24.2 Å². The van der Waals surface area contributed by atoms with Crippen molar-refractivity contribution >= 4 is 136 Å². The number of amides is 12. The number of hydrogen-bond donors (Lipinski definition) is 0. The molecule has 0 aromatic heterocycles. The number of carbonyl (C=O) groups excluding carboxylic acids is 12. The summed E-state index contributed by atoms with van der Waals surface area (Å²) in [5, 5.41) is 4.97. The molecule has 0 saturated heterocycles. The summed E-state index contributed by atoms with van der Waals surface area (Å²) < 4.78 is 0. The number of nitrogens with zero attached hydrogens (tertiary/aromatic N) is 6. The predicted octanol–water partition coefficient (Wildman–Crippen LogP) is 10.6. The summed E-state index contributed by atoms with van der Waals surface area (Å²) in [6.07, 6.45) is 3.63. The van der Waals surface area contributed by atoms with Crippen molar-refractivity contribution in [3.05, 3.63) is 164 Å². The first-order valence-corrected chi connectivity index (χ1v) is 30.4. The van der Waals surface area contributed by atoms with Gasteiger partial charge in [0.2, 0.25) is 0 Å². The Kier molecular flexibility index (Phi) is 10.1. The summed E-state index contributed by atoms with van der Waals surface area (Å²) in [5.41, 5.74) is 0.984. The highest BCUT2D eigenvalue weighted by atomic mass is 16.2. The third kappa shape index (κ3) is 6.02. The molecule has 0 radical (unpaired) electrons. The van der Waals surface area contributed by atoms with E-state index in [0.717, 1.165) is 30.9 Å². The molecule has 18 heteroatoms. The first-order chi connectivity index (χ1) is 42.7. The van der Waals surface area contributed by atoms with Crippen LogP contribution >= 0.6 is 0 Å². The maximum atomic E-state index is 15.5. The van der Waals surface area contributed by atoms with Crippen molar-refractivity contribution in [1.82, 2.24) is 29.4 Å². The van der Waals surface area contributed by atoms with E-state index in [-0.39, 0.29) is 120 Å². The third-order valence-corrected chi connectivity index (χ3v) is 21.0. The molecule has 36 aliphatic rings. The zero-order valence-corrected chi connectivity index (χ0v) is 47.2. The lowest BCUT2D eigenvalue weighted by Crippen LogP contribution is -2.61. The molecule has 9 aromatic carbocycles. The summed E-state index contributed by atoms with van der Waals surface area (Å²) in [5.74, 6) is -8.74. The van der Waals surface area contributed by atoms with Crippen molar-refractivity contribution in [2.45, 2.75) is 114 Å². The van der Waals surface area contributed by atoms with Crippen molar-refractivity contribution in [3.63, 3.8) is 0 Å². The number of carbonyl (C=O) groups is 12. The second-order valence-electron chi connectivity index (χ2n) is 25.0. The van der Waals surface area contributed by atoms with E-state index in [9.17, 15) is 0 Å². The third-order valence-electron chi connectivity index (χ3n) is 21.0. The Balaban J connectivity index is 0.848. The molecule has 34 aliphatic heterocycles. The molecule has 45 rings (SSSR count). The monoisotopic (exact) mass is 1160 g/mol. The first kappa shape index (κ1) is 50.9. The molecule has 88 heavy (non-hydrogen) atoms. The minimum Gasteiger partial charge on any atom is -0.269 e. The van der Waals surface area contributed by atoms with Crippen LogP contribution in [0.4, 0.5) is 0 Å². The topological polar surface area (TPSA) is 224 Å². The molecule has 9 aromatic rings. The molecule has 2 aliphatic carbocycles. The molecule has 0 spiro atoms. The average molecular weight is 1170 g/mol. The lowest BCUT2D eigenvalue weighted by Gasteiger charge is -2.46. The lowest BCUT2D eigenvalue weighted by molar-refractivity contribution is 0.0209. The highest BCUT2D eigenvalue weighted by Gasteiger charge is 2.54. The van der Waals surface area contributed by atoms with Gasteiger partial charge in [-0.2, -0.15) is 0 Å². The summed E-state index contributed by atoms with van der Waals surface area (Å²) in [4.78, 5) is 190. The Hall–Kier alpha value is -10.4. The Morgan fingerprint density at radius 1 is 0.261 bits per heavy atom. The molecular weight excluding hydrogens is 1120 g/mol. The molecule has 34 heterocycles. The van der Waals surface area contributed by atoms with E-state index in [2.05, 4.69) is 0 Å². The average Bonchev–Trinajstić information content (AvgIpc) is 0.828. The maximum Gasteiger partial charge on any atom is 0.263 e. The summed E-state index contributed by atoms with van der Waals surface area (Å²) in [7, 11) is 0. The second kappa shape index (κ2) is 17.4. The van der Waals surface area contributed by atoms with Crippen LogP contribution in [-0.2, 0) is 0 Å². The fraction of sp³-hybridized carbons (Fsp3) is 0.257. The fourth-order valence-corrected chi connectivity index (χ4v) is 17.2. The normalized spacial score (nSPS) is 22.9. The van der Waals surface area contributed by atoms with Crippen LogP contribution < -0.4 is 0 Å². The lowest BCUT2D eigenvalue weighted by atomic mass is 9.80. The van der Waals surface area contributed by atoms with Crippen LogP contribution in [0.2, 0.25) is 0 Å². The van der Waals surface area contributed by atoms with Crippen LogP contribution in [0, 0.1) is 0 Å². The fourth-order valence-electron chi connectivity index (χ4n) is 17.2. The van der Waals surface area contributed by atoms with Gasteiger partial charge in [-0.15, -0.1) is 0 Å². The van der Waals surface area contributed by atoms with E-state index in [0.29, 0.717) is 81.6 Å². The maximum absolute atomic E-state index is 15.5. The van der Waals surface area contributed by atoms with Gasteiger partial charge in [0.15, 0.2) is 0 Å². The first-order valence-electron chi connectivity index (χ1n) is 30.4. The minimum atomic E-state index is -1.42. The van der Waals surface area contributed by atoms with Gasteiger partial charge < -0.3 is 0 Å². The Morgan fingerprint density at radius 2 is 0.455 bits per heavy atom. The molecule has 30 bridgehead atoms. The summed E-state index contributed by atoms with van der Waals surface area (Å²) >= 11 is 0. The van der Waals surface area contributed by atoms with Gasteiger partial charge in [0.1, 0.15) is 6.17 Å². The van der Waals surface area contributed by atoms with Crippen molar-refractivity contribution < 1.29 is 57.5 Å². The number of unbranched alkanes of at least 4 members (excludes halogenated alkanes) is 2. The van der Waals surface area contributed by atoms with E-state index in [1.54, 1.807) is 48.5 Å². The van der Waals surface area contributed by atoms with Gasteiger partial charge in [-0.3, -0.25) is 86.9 Å². The van der Waals surface area contributed by atoms with Crippen LogP contribution in [0.3, 0.4) is 0 Å². The smallest absolute Gasteiger partial charge is 0.263 e. The molecule has 12 amide bonds. The highest BCUT2D eigenvalue weighted by molar-refractivity contribution is 6.42. The largest absolute Gasteiger partial charge is 0.269 e. The molecular formula is C70H48N6O12. The van der Waals surface area contributed by atoms with E-state index >= 15 is 57.5 Å². The predicted molar refractivity (Wildman–Crippen MR) is 319 cm³/mol. The zero-order chi connectivity index (χ0) is 59.9. The van der Waals surface area contributed by atoms with E-state index < -0.39 is 101 Å². The van der Waals surface area contributed by atoms with Gasteiger partial charge in [0, 0.05) is 99.1 Å². The Labute approximate surface area is 498 Å². The molecule has 2 unspecified atom stereocenters. The van der Waals surface area contributed by atoms with Crippen LogP contribution in [0.25, 0.3) is 64.6 Å². The quantitative estimate of drug-likeness (QED) is 0.0694. The van der Waals surface area contributed by atoms with Crippen molar-refractivity contribution in [2.75, 3.05) is 0 Å². The SMILES string of the molecule is CCCCC[C@H]1N2C(=O)c3ccc4c5c(ccc(c35)C2=O)C(=O)N(C4=O)[C@H]2CCCCC2N2C(=O)c3ccc4c5c(ccc(c35)C2=O)C(=O)N(C4=O)[C@H]2CCCCC2N2C(=O)c3ccc4c5ccc6c7c(ccc(c8ccc(c3c48)C2=O)c75)C(=O)N1C6=O. The van der Waals surface area contributed by atoms with E-state index in [1.165, 1.54) is 53.4 Å². The van der Waals surface area contributed by atoms with Gasteiger partial charge in [-0.05, 0) is 144 Å². The van der Waals surface area contributed by atoms with Gasteiger partial charge in [-0.25, -0.2) is 0 Å². The number of benzene rings is 9. The van der Waals surface area contributed by atoms with E-state index in [1.807, 2.05) is 6.92 Å².